The summed E-state index contributed by atoms with van der Waals surface area (Å²) in [5, 5.41) is 5.47. The van der Waals surface area contributed by atoms with Crippen molar-refractivity contribution in [3.05, 3.63) is 53.3 Å². The largest absolute Gasteiger partial charge is 0.482 e. The monoisotopic (exact) mass is 463 g/mol. The van der Waals surface area contributed by atoms with Crippen LogP contribution < -0.4 is 15.4 Å². The average Bonchev–Trinajstić information content (AvgIpc) is 2.79. The van der Waals surface area contributed by atoms with Gasteiger partial charge >= 0.3 is 0 Å². The second-order valence-corrected chi connectivity index (χ2v) is 9.36. The first-order valence-electron chi connectivity index (χ1n) is 10.0. The molecule has 2 aromatic carbocycles. The fourth-order valence-corrected chi connectivity index (χ4v) is 5.00. The molecule has 1 atom stereocenters. The number of carbonyl (C=O) groups excluding carboxylic acids is 2. The second-order valence-electron chi connectivity index (χ2n) is 7.45. The van der Waals surface area contributed by atoms with Gasteiger partial charge in [0.05, 0.1) is 24.9 Å². The molecule has 2 aromatic rings. The van der Waals surface area contributed by atoms with Crippen LogP contribution in [0.5, 0.6) is 5.75 Å². The molecule has 9 nitrogen and oxygen atoms in total. The summed E-state index contributed by atoms with van der Waals surface area (Å²) < 4.78 is 51.7. The summed E-state index contributed by atoms with van der Waals surface area (Å²) in [5.74, 6) is -1.23. The third kappa shape index (κ3) is 4.45. The van der Waals surface area contributed by atoms with E-state index in [1.54, 1.807) is 25.1 Å². The van der Waals surface area contributed by atoms with Gasteiger partial charge in [-0.2, -0.15) is 4.31 Å². The fourth-order valence-electron chi connectivity index (χ4n) is 3.50. The van der Waals surface area contributed by atoms with Gasteiger partial charge in [0, 0.05) is 18.7 Å². The van der Waals surface area contributed by atoms with E-state index in [2.05, 4.69) is 10.6 Å². The van der Waals surface area contributed by atoms with Crippen LogP contribution in [-0.4, -0.2) is 57.4 Å². The molecule has 2 heterocycles. The van der Waals surface area contributed by atoms with E-state index in [1.807, 2.05) is 0 Å². The van der Waals surface area contributed by atoms with Gasteiger partial charge in [-0.3, -0.25) is 9.59 Å². The van der Waals surface area contributed by atoms with E-state index in [0.29, 0.717) is 17.0 Å². The van der Waals surface area contributed by atoms with E-state index in [4.69, 9.17) is 9.47 Å². The molecule has 11 heteroatoms. The number of morpholine rings is 1. The number of carbonyl (C=O) groups is 2. The number of sulfonamides is 1. The number of anilines is 1. The van der Waals surface area contributed by atoms with Gasteiger partial charge in [0.2, 0.25) is 10.0 Å². The van der Waals surface area contributed by atoms with E-state index in [-0.39, 0.29) is 44.4 Å². The lowest BCUT2D eigenvalue weighted by Crippen LogP contribution is -2.41. The van der Waals surface area contributed by atoms with Gasteiger partial charge in [0.1, 0.15) is 16.5 Å². The van der Waals surface area contributed by atoms with Crippen molar-refractivity contribution >= 4 is 27.5 Å². The van der Waals surface area contributed by atoms with E-state index < -0.39 is 32.7 Å². The molecule has 0 radical (unpaired) electrons. The normalized spacial score (nSPS) is 17.6. The minimum absolute atomic E-state index is 0.0136. The first kappa shape index (κ1) is 22.2. The van der Waals surface area contributed by atoms with Crippen LogP contribution in [0.2, 0.25) is 0 Å². The van der Waals surface area contributed by atoms with E-state index in [1.165, 1.54) is 6.07 Å². The highest BCUT2D eigenvalue weighted by atomic mass is 32.2. The number of nitrogens with one attached hydrogen (secondary N) is 2. The van der Waals surface area contributed by atoms with Gasteiger partial charge in [-0.1, -0.05) is 6.07 Å². The number of halogens is 1. The van der Waals surface area contributed by atoms with Crippen molar-refractivity contribution in [2.45, 2.75) is 17.9 Å². The number of hydrogen-bond acceptors (Lipinski definition) is 6. The number of amides is 2. The SMILES string of the molecule is CC(NC(=O)c1ccc(F)c(S(=O)(=O)N2CCOCC2)c1)c1ccc2c(c1)NC(=O)CO2. The molecule has 0 saturated carbocycles. The van der Waals surface area contributed by atoms with Crippen LogP contribution in [0.25, 0.3) is 0 Å². The van der Waals surface area contributed by atoms with Crippen LogP contribution in [0.4, 0.5) is 10.1 Å². The maximum atomic E-state index is 14.4. The van der Waals surface area contributed by atoms with E-state index >= 15 is 0 Å². The van der Waals surface area contributed by atoms with Crippen molar-refractivity contribution in [1.29, 1.82) is 0 Å². The van der Waals surface area contributed by atoms with Crippen LogP contribution in [0, 0.1) is 5.82 Å². The third-order valence-electron chi connectivity index (χ3n) is 5.27. The Kier molecular flexibility index (Phi) is 6.13. The van der Waals surface area contributed by atoms with Crippen LogP contribution >= 0.6 is 0 Å². The van der Waals surface area contributed by atoms with Crippen molar-refractivity contribution in [2.24, 2.45) is 0 Å². The fraction of sp³-hybridized carbons (Fsp3) is 0.333. The maximum absolute atomic E-state index is 14.4. The van der Waals surface area contributed by atoms with Crippen LogP contribution in [0.1, 0.15) is 28.9 Å². The molecule has 1 unspecified atom stereocenters. The van der Waals surface area contributed by atoms with Crippen molar-refractivity contribution in [1.82, 2.24) is 9.62 Å². The Balaban J connectivity index is 1.53. The smallest absolute Gasteiger partial charge is 0.262 e. The summed E-state index contributed by atoms with van der Waals surface area (Å²) >= 11 is 0. The quantitative estimate of drug-likeness (QED) is 0.697. The summed E-state index contributed by atoms with van der Waals surface area (Å²) in [7, 11) is -4.10. The van der Waals surface area contributed by atoms with Crippen molar-refractivity contribution in [3.8, 4) is 5.75 Å². The van der Waals surface area contributed by atoms with Crippen molar-refractivity contribution in [3.63, 3.8) is 0 Å². The zero-order valence-corrected chi connectivity index (χ0v) is 18.1. The second kappa shape index (κ2) is 8.85. The molecule has 1 fully saturated rings. The van der Waals surface area contributed by atoms with Gasteiger partial charge in [0.25, 0.3) is 11.8 Å². The standard InChI is InChI=1S/C21H22FN3O6S/c1-13(14-3-5-18-17(10-14)24-20(26)12-31-18)23-21(27)15-2-4-16(22)19(11-15)32(28,29)25-6-8-30-9-7-25/h2-5,10-11,13H,6-9,12H2,1H3,(H,23,27)(H,24,26). The number of rotatable bonds is 5. The summed E-state index contributed by atoms with van der Waals surface area (Å²) in [6.07, 6.45) is 0. The molecule has 0 aliphatic carbocycles. The summed E-state index contributed by atoms with van der Waals surface area (Å²) in [5.41, 5.74) is 1.21. The minimum atomic E-state index is -4.10. The zero-order chi connectivity index (χ0) is 22.9. The lowest BCUT2D eigenvalue weighted by atomic mass is 10.1. The molecule has 170 valence electrons. The van der Waals surface area contributed by atoms with Gasteiger partial charge in [-0.25, -0.2) is 12.8 Å². The molecule has 2 aliphatic heterocycles. The highest BCUT2D eigenvalue weighted by Crippen LogP contribution is 2.30. The molecule has 2 aliphatic rings. The summed E-state index contributed by atoms with van der Waals surface area (Å²) in [6.45, 7) is 2.37. The number of benzene rings is 2. The molecule has 0 aromatic heterocycles. The van der Waals surface area contributed by atoms with Gasteiger partial charge < -0.3 is 20.1 Å². The molecule has 0 bridgehead atoms. The molecule has 4 rings (SSSR count). The van der Waals surface area contributed by atoms with Gasteiger partial charge in [0.15, 0.2) is 6.61 Å². The van der Waals surface area contributed by atoms with Crippen molar-refractivity contribution in [2.75, 3.05) is 38.2 Å². The number of nitrogens with zero attached hydrogens (tertiary/aromatic N) is 1. The number of hydrogen-bond donors (Lipinski definition) is 2. The Morgan fingerprint density at radius 1 is 1.19 bits per heavy atom. The molecule has 2 amide bonds. The Morgan fingerprint density at radius 2 is 1.94 bits per heavy atom. The van der Waals surface area contributed by atoms with E-state index in [0.717, 1.165) is 16.4 Å². The first-order valence-corrected chi connectivity index (χ1v) is 11.4. The molecule has 32 heavy (non-hydrogen) atoms. The predicted octanol–water partition coefficient (Wildman–Crippen LogP) is 1.67. The molecule has 0 spiro atoms. The van der Waals surface area contributed by atoms with Crippen molar-refractivity contribution < 1.29 is 31.9 Å². The van der Waals surface area contributed by atoms with Gasteiger partial charge in [-0.05, 0) is 42.8 Å². The molecule has 2 N–H and O–H groups in total. The summed E-state index contributed by atoms with van der Waals surface area (Å²) in [6, 6.07) is 7.91. The van der Waals surface area contributed by atoms with Gasteiger partial charge in [-0.15, -0.1) is 0 Å². The van der Waals surface area contributed by atoms with Crippen LogP contribution in [0.3, 0.4) is 0 Å². The van der Waals surface area contributed by atoms with Crippen LogP contribution in [0.15, 0.2) is 41.3 Å². The molecule has 1 saturated heterocycles. The maximum Gasteiger partial charge on any atom is 0.262 e. The lowest BCUT2D eigenvalue weighted by Gasteiger charge is -2.26. The number of fused-ring (bicyclic) bond motifs is 1. The molecular weight excluding hydrogens is 441 g/mol. The zero-order valence-electron chi connectivity index (χ0n) is 17.3. The van der Waals surface area contributed by atoms with Crippen LogP contribution in [-0.2, 0) is 19.6 Å². The molecular formula is C21H22FN3O6S. The minimum Gasteiger partial charge on any atom is -0.482 e. The average molecular weight is 463 g/mol. The third-order valence-corrected chi connectivity index (χ3v) is 7.18. The number of ether oxygens (including phenoxy) is 2. The first-order chi connectivity index (χ1) is 15.3. The Bertz CT molecular complexity index is 1160. The Hall–Kier alpha value is -3.02. The summed E-state index contributed by atoms with van der Waals surface area (Å²) in [4.78, 5) is 23.8. The van der Waals surface area contributed by atoms with E-state index in [9.17, 15) is 22.4 Å². The Morgan fingerprint density at radius 3 is 2.69 bits per heavy atom. The lowest BCUT2D eigenvalue weighted by molar-refractivity contribution is -0.118. The Labute approximate surface area is 184 Å². The predicted molar refractivity (Wildman–Crippen MR) is 112 cm³/mol. The topological polar surface area (TPSA) is 114 Å². The highest BCUT2D eigenvalue weighted by Gasteiger charge is 2.30. The highest BCUT2D eigenvalue weighted by molar-refractivity contribution is 7.89.